The number of benzene rings is 2. The van der Waals surface area contributed by atoms with Gasteiger partial charge in [0.05, 0.1) is 18.4 Å². The van der Waals surface area contributed by atoms with Crippen LogP contribution in [0, 0.1) is 5.92 Å². The molecule has 2 aliphatic heterocycles. The molecule has 0 aliphatic carbocycles. The topological polar surface area (TPSA) is 49.9 Å². The minimum atomic E-state index is -0.267. The molecule has 0 spiro atoms. The van der Waals surface area contributed by atoms with Crippen LogP contribution >= 0.6 is 11.3 Å². The SMILES string of the molecule is COc1cccc(N2C(=O)C(c3cccs3)=C(N3CCC(Cc4ccccc4)CC3)C2=O)c1. The highest BCUT2D eigenvalue weighted by Gasteiger charge is 2.43. The number of rotatable bonds is 6. The Labute approximate surface area is 197 Å². The van der Waals surface area contributed by atoms with Crippen molar-refractivity contribution in [3.05, 3.63) is 88.2 Å². The Balaban J connectivity index is 1.42. The van der Waals surface area contributed by atoms with E-state index >= 15 is 0 Å². The van der Waals surface area contributed by atoms with Gasteiger partial charge in [0.2, 0.25) is 0 Å². The fraction of sp³-hybridized carbons (Fsp3) is 0.259. The van der Waals surface area contributed by atoms with E-state index in [1.54, 1.807) is 31.4 Å². The Hall–Kier alpha value is -3.38. The van der Waals surface area contributed by atoms with E-state index in [0.717, 1.165) is 37.2 Å². The Morgan fingerprint density at radius 1 is 0.939 bits per heavy atom. The Morgan fingerprint density at radius 2 is 1.73 bits per heavy atom. The molecule has 2 aromatic carbocycles. The van der Waals surface area contributed by atoms with Crippen LogP contribution in [0.1, 0.15) is 23.3 Å². The molecular weight excluding hydrogens is 432 g/mol. The van der Waals surface area contributed by atoms with Crippen molar-refractivity contribution in [2.24, 2.45) is 5.92 Å². The lowest BCUT2D eigenvalue weighted by molar-refractivity contribution is -0.120. The number of anilines is 1. The molecular formula is C27H26N2O3S. The van der Waals surface area contributed by atoms with E-state index in [1.165, 1.54) is 21.8 Å². The van der Waals surface area contributed by atoms with Crippen molar-refractivity contribution < 1.29 is 14.3 Å². The van der Waals surface area contributed by atoms with Crippen LogP contribution in [-0.4, -0.2) is 36.9 Å². The van der Waals surface area contributed by atoms with Crippen molar-refractivity contribution in [1.82, 2.24) is 4.90 Å². The lowest BCUT2D eigenvalue weighted by Gasteiger charge is -2.34. The third-order valence-corrected chi connectivity index (χ3v) is 7.32. The first-order chi connectivity index (χ1) is 16.2. The number of piperidine rings is 1. The standard InChI is InChI=1S/C27H26N2O3S/c1-32-22-10-5-9-21(18-22)29-26(30)24(23-11-6-16-33-23)25(27(29)31)28-14-12-20(13-15-28)17-19-7-3-2-4-8-19/h2-11,16,18,20H,12-15,17H2,1H3. The summed E-state index contributed by atoms with van der Waals surface area (Å²) in [6.45, 7) is 1.54. The summed E-state index contributed by atoms with van der Waals surface area (Å²) in [5, 5.41) is 1.94. The van der Waals surface area contributed by atoms with Crippen LogP contribution in [0.5, 0.6) is 5.75 Å². The van der Waals surface area contributed by atoms with Gasteiger partial charge in [-0.25, -0.2) is 4.90 Å². The molecule has 1 aromatic heterocycles. The van der Waals surface area contributed by atoms with E-state index < -0.39 is 0 Å². The van der Waals surface area contributed by atoms with Crippen LogP contribution in [0.25, 0.3) is 5.57 Å². The van der Waals surface area contributed by atoms with Gasteiger partial charge in [0.1, 0.15) is 11.4 Å². The number of hydrogen-bond donors (Lipinski definition) is 0. The van der Waals surface area contributed by atoms with Crippen LogP contribution in [0.3, 0.4) is 0 Å². The van der Waals surface area contributed by atoms with E-state index in [0.29, 0.717) is 28.6 Å². The number of carbonyl (C=O) groups excluding carboxylic acids is 2. The molecule has 6 heteroatoms. The third kappa shape index (κ3) is 4.18. The van der Waals surface area contributed by atoms with Crippen molar-refractivity contribution >= 4 is 34.4 Å². The number of nitrogens with zero attached hydrogens (tertiary/aromatic N) is 2. The number of amides is 2. The molecule has 0 unspecified atom stereocenters. The van der Waals surface area contributed by atoms with Gasteiger partial charge in [0.25, 0.3) is 11.8 Å². The van der Waals surface area contributed by atoms with E-state index in [9.17, 15) is 9.59 Å². The van der Waals surface area contributed by atoms with Crippen molar-refractivity contribution in [2.45, 2.75) is 19.3 Å². The summed E-state index contributed by atoms with van der Waals surface area (Å²) in [6.07, 6.45) is 3.04. The van der Waals surface area contributed by atoms with Gasteiger partial charge in [-0.3, -0.25) is 9.59 Å². The number of carbonyl (C=O) groups is 2. The van der Waals surface area contributed by atoms with Gasteiger partial charge in [0.15, 0.2) is 0 Å². The minimum absolute atomic E-state index is 0.252. The lowest BCUT2D eigenvalue weighted by atomic mass is 9.90. The molecule has 3 aromatic rings. The molecule has 0 N–H and O–H groups in total. The number of likely N-dealkylation sites (tertiary alicyclic amines) is 1. The van der Waals surface area contributed by atoms with Crippen LogP contribution in [0.4, 0.5) is 5.69 Å². The van der Waals surface area contributed by atoms with Gasteiger partial charge < -0.3 is 9.64 Å². The highest BCUT2D eigenvalue weighted by molar-refractivity contribution is 7.11. The van der Waals surface area contributed by atoms with Crippen LogP contribution in [0.15, 0.2) is 77.8 Å². The maximum absolute atomic E-state index is 13.7. The zero-order valence-electron chi connectivity index (χ0n) is 18.6. The van der Waals surface area contributed by atoms with E-state index in [4.69, 9.17) is 4.74 Å². The van der Waals surface area contributed by atoms with Crippen molar-refractivity contribution in [3.63, 3.8) is 0 Å². The van der Waals surface area contributed by atoms with E-state index in [1.807, 2.05) is 23.6 Å². The summed E-state index contributed by atoms with van der Waals surface area (Å²) in [4.78, 5) is 31.5. The number of thiophene rings is 1. The molecule has 168 valence electrons. The van der Waals surface area contributed by atoms with Crippen LogP contribution in [-0.2, 0) is 16.0 Å². The normalized spacial score (nSPS) is 17.2. The first-order valence-corrected chi connectivity index (χ1v) is 12.1. The zero-order valence-corrected chi connectivity index (χ0v) is 19.4. The predicted octanol–water partition coefficient (Wildman–Crippen LogP) is 5.00. The summed E-state index contributed by atoms with van der Waals surface area (Å²) >= 11 is 1.49. The van der Waals surface area contributed by atoms with Crippen molar-refractivity contribution in [1.29, 1.82) is 0 Å². The van der Waals surface area contributed by atoms with Gasteiger partial charge >= 0.3 is 0 Å². The third-order valence-electron chi connectivity index (χ3n) is 6.44. The molecule has 3 heterocycles. The second-order valence-electron chi connectivity index (χ2n) is 8.47. The summed E-state index contributed by atoms with van der Waals surface area (Å²) in [5.74, 6) is 0.673. The molecule has 2 aliphatic rings. The minimum Gasteiger partial charge on any atom is -0.497 e. The fourth-order valence-electron chi connectivity index (χ4n) is 4.75. The maximum Gasteiger partial charge on any atom is 0.282 e. The van der Waals surface area contributed by atoms with Gasteiger partial charge in [0, 0.05) is 24.0 Å². The molecule has 0 radical (unpaired) electrons. The summed E-state index contributed by atoms with van der Waals surface area (Å²) in [7, 11) is 1.58. The van der Waals surface area contributed by atoms with E-state index in [2.05, 4.69) is 29.2 Å². The Kier molecular flexibility index (Phi) is 6.01. The van der Waals surface area contributed by atoms with Gasteiger partial charge in [-0.1, -0.05) is 42.5 Å². The number of imide groups is 1. The molecule has 33 heavy (non-hydrogen) atoms. The largest absolute Gasteiger partial charge is 0.497 e. The predicted molar refractivity (Wildman–Crippen MR) is 131 cm³/mol. The fourth-order valence-corrected chi connectivity index (χ4v) is 5.51. The van der Waals surface area contributed by atoms with E-state index in [-0.39, 0.29) is 11.8 Å². The van der Waals surface area contributed by atoms with Crippen molar-refractivity contribution in [3.8, 4) is 5.75 Å². The number of ether oxygens (including phenoxy) is 1. The second kappa shape index (κ2) is 9.24. The Bertz CT molecular complexity index is 1180. The molecule has 2 amide bonds. The van der Waals surface area contributed by atoms with Crippen molar-refractivity contribution in [2.75, 3.05) is 25.1 Å². The highest BCUT2D eigenvalue weighted by atomic mass is 32.1. The molecule has 1 saturated heterocycles. The summed E-state index contributed by atoms with van der Waals surface area (Å²) < 4.78 is 5.32. The molecule has 5 nitrogen and oxygen atoms in total. The number of hydrogen-bond acceptors (Lipinski definition) is 5. The highest BCUT2D eigenvalue weighted by Crippen LogP contribution is 2.38. The van der Waals surface area contributed by atoms with Gasteiger partial charge in [-0.15, -0.1) is 11.3 Å². The maximum atomic E-state index is 13.7. The molecule has 0 atom stereocenters. The van der Waals surface area contributed by atoms with Crippen LogP contribution in [0.2, 0.25) is 0 Å². The first-order valence-electron chi connectivity index (χ1n) is 11.3. The summed E-state index contributed by atoms with van der Waals surface area (Å²) in [6, 6.07) is 21.5. The summed E-state index contributed by atoms with van der Waals surface area (Å²) in [5.41, 5.74) is 2.93. The first kappa shape index (κ1) is 21.5. The lowest BCUT2D eigenvalue weighted by Crippen LogP contribution is -2.39. The monoisotopic (exact) mass is 458 g/mol. The molecule has 0 saturated carbocycles. The van der Waals surface area contributed by atoms with Crippen LogP contribution < -0.4 is 9.64 Å². The molecule has 0 bridgehead atoms. The zero-order chi connectivity index (χ0) is 22.8. The molecule has 5 rings (SSSR count). The quantitative estimate of drug-likeness (QED) is 0.488. The molecule has 1 fully saturated rings. The average molecular weight is 459 g/mol. The smallest absolute Gasteiger partial charge is 0.282 e. The Morgan fingerprint density at radius 3 is 2.42 bits per heavy atom. The number of methoxy groups -OCH3 is 1. The second-order valence-corrected chi connectivity index (χ2v) is 9.42. The average Bonchev–Trinajstić information content (AvgIpc) is 3.46. The van der Waals surface area contributed by atoms with Gasteiger partial charge in [-0.2, -0.15) is 0 Å². The van der Waals surface area contributed by atoms with Gasteiger partial charge in [-0.05, 0) is 54.3 Å².